The lowest BCUT2D eigenvalue weighted by atomic mass is 9.83. The van der Waals surface area contributed by atoms with Gasteiger partial charge in [-0.2, -0.15) is 13.2 Å². The summed E-state index contributed by atoms with van der Waals surface area (Å²) in [6, 6.07) is 11.6. The lowest BCUT2D eigenvalue weighted by molar-refractivity contribution is -0.138. The highest BCUT2D eigenvalue weighted by atomic mass is 19.4. The fourth-order valence-corrected chi connectivity index (χ4v) is 5.48. The highest BCUT2D eigenvalue weighted by Gasteiger charge is 2.51. The number of benzene rings is 2. The van der Waals surface area contributed by atoms with Crippen molar-refractivity contribution >= 4 is 17.7 Å². The van der Waals surface area contributed by atoms with Crippen LogP contribution in [0.15, 0.2) is 42.5 Å². The second-order valence-electron chi connectivity index (χ2n) is 10.9. The van der Waals surface area contributed by atoms with E-state index in [-0.39, 0.29) is 35.8 Å². The van der Waals surface area contributed by atoms with E-state index in [1.165, 1.54) is 11.0 Å². The van der Waals surface area contributed by atoms with Gasteiger partial charge in [-0.1, -0.05) is 18.2 Å². The summed E-state index contributed by atoms with van der Waals surface area (Å²) >= 11 is 0. The average molecular weight is 502 g/mol. The predicted molar refractivity (Wildman–Crippen MR) is 129 cm³/mol. The fourth-order valence-electron chi connectivity index (χ4n) is 5.48. The number of para-hydroxylation sites is 1. The fraction of sp³-hybridized carbons (Fsp3) is 0.481. The maximum atomic E-state index is 14.1. The number of nitrogens with zero attached hydrogens (tertiary/aromatic N) is 3. The van der Waals surface area contributed by atoms with Crippen LogP contribution in [0.4, 0.5) is 23.7 Å². The average Bonchev–Trinajstić information content (AvgIpc) is 3.39. The third-order valence-corrected chi connectivity index (χ3v) is 7.35. The molecule has 0 aliphatic carbocycles. The molecule has 0 N–H and O–H groups in total. The number of rotatable bonds is 3. The molecule has 3 heterocycles. The third-order valence-electron chi connectivity index (χ3n) is 7.35. The maximum absolute atomic E-state index is 14.1. The zero-order valence-corrected chi connectivity index (χ0v) is 20.7. The summed E-state index contributed by atoms with van der Waals surface area (Å²) in [5.74, 6) is -0.418. The Morgan fingerprint density at radius 1 is 1.06 bits per heavy atom. The lowest BCUT2D eigenvalue weighted by Crippen LogP contribution is -2.60. The van der Waals surface area contributed by atoms with Crippen molar-refractivity contribution in [1.29, 1.82) is 0 Å². The van der Waals surface area contributed by atoms with E-state index in [9.17, 15) is 22.8 Å². The van der Waals surface area contributed by atoms with E-state index in [2.05, 4.69) is 4.90 Å². The Morgan fingerprint density at radius 2 is 1.75 bits per heavy atom. The van der Waals surface area contributed by atoms with E-state index in [1.807, 2.05) is 20.8 Å². The van der Waals surface area contributed by atoms with Crippen molar-refractivity contribution in [1.82, 2.24) is 9.80 Å². The lowest BCUT2D eigenvalue weighted by Gasteiger charge is -2.50. The molecule has 1 atom stereocenters. The first-order valence-corrected chi connectivity index (χ1v) is 12.2. The summed E-state index contributed by atoms with van der Waals surface area (Å²) in [4.78, 5) is 30.9. The summed E-state index contributed by atoms with van der Waals surface area (Å²) in [7, 11) is 0. The van der Waals surface area contributed by atoms with Gasteiger partial charge in [-0.05, 0) is 69.0 Å². The first-order valence-electron chi connectivity index (χ1n) is 12.2. The van der Waals surface area contributed by atoms with Crippen molar-refractivity contribution in [2.24, 2.45) is 0 Å². The topological polar surface area (TPSA) is 53.1 Å². The number of hydrogen-bond acceptors (Lipinski definition) is 4. The van der Waals surface area contributed by atoms with Gasteiger partial charge in [0.25, 0.3) is 5.91 Å². The molecule has 9 heteroatoms. The van der Waals surface area contributed by atoms with Gasteiger partial charge in [0, 0.05) is 43.0 Å². The van der Waals surface area contributed by atoms with E-state index < -0.39 is 23.2 Å². The van der Waals surface area contributed by atoms with Crippen molar-refractivity contribution in [3.8, 4) is 0 Å². The Labute approximate surface area is 208 Å². The van der Waals surface area contributed by atoms with Crippen LogP contribution in [-0.4, -0.2) is 52.6 Å². The Bertz CT molecular complexity index is 1190. The van der Waals surface area contributed by atoms with Crippen LogP contribution in [0.5, 0.6) is 0 Å². The zero-order chi connectivity index (χ0) is 25.9. The van der Waals surface area contributed by atoms with Crippen molar-refractivity contribution in [2.75, 3.05) is 24.5 Å². The predicted octanol–water partition coefficient (Wildman–Crippen LogP) is 5.45. The van der Waals surface area contributed by atoms with Gasteiger partial charge in [-0.3, -0.25) is 9.69 Å². The standard InChI is InChI=1S/C27H30F3N3O3/c1-25(2,3)36-24(35)31-11-9-26(17-31)10-12-32(26)15-18-13-20-21(22(14-18)27(28,29)30)16-33(23(20)34)19-7-5-4-6-8-19/h4-8,13-14H,9-12,15-17H2,1-3H3. The van der Waals surface area contributed by atoms with Crippen molar-refractivity contribution in [3.05, 3.63) is 64.7 Å². The normalized spacial score (nSPS) is 22.2. The number of ether oxygens (including phenoxy) is 1. The van der Waals surface area contributed by atoms with Gasteiger partial charge in [-0.25, -0.2) is 4.79 Å². The SMILES string of the molecule is CC(C)(C)OC(=O)N1CCC2(CCN2Cc2cc3c(c(C(F)(F)F)c2)CN(c2ccccc2)C3=O)C1. The van der Waals surface area contributed by atoms with Gasteiger partial charge in [0.05, 0.1) is 12.1 Å². The molecule has 0 radical (unpaired) electrons. The Balaban J connectivity index is 1.38. The molecule has 3 aliphatic rings. The molecule has 0 aromatic heterocycles. The molecule has 2 amide bonds. The van der Waals surface area contributed by atoms with Gasteiger partial charge in [-0.15, -0.1) is 0 Å². The minimum atomic E-state index is -4.57. The van der Waals surface area contributed by atoms with Crippen LogP contribution < -0.4 is 4.90 Å². The number of fused-ring (bicyclic) bond motifs is 1. The number of alkyl halides is 3. The minimum absolute atomic E-state index is 0.0235. The zero-order valence-electron chi connectivity index (χ0n) is 20.7. The number of likely N-dealkylation sites (tertiary alicyclic amines) is 2. The Hall–Kier alpha value is -3.07. The van der Waals surface area contributed by atoms with Gasteiger partial charge in [0.15, 0.2) is 0 Å². The summed E-state index contributed by atoms with van der Waals surface area (Å²) in [6.45, 7) is 7.40. The van der Waals surface area contributed by atoms with Crippen molar-refractivity contribution in [2.45, 2.75) is 64.0 Å². The Morgan fingerprint density at radius 3 is 2.36 bits per heavy atom. The minimum Gasteiger partial charge on any atom is -0.444 e. The largest absolute Gasteiger partial charge is 0.444 e. The number of hydrogen-bond donors (Lipinski definition) is 0. The number of anilines is 1. The molecule has 192 valence electrons. The van der Waals surface area contributed by atoms with Crippen LogP contribution in [0.25, 0.3) is 0 Å². The second-order valence-corrected chi connectivity index (χ2v) is 10.9. The summed E-state index contributed by atoms with van der Waals surface area (Å²) in [5, 5.41) is 0. The van der Waals surface area contributed by atoms with Gasteiger partial charge < -0.3 is 14.5 Å². The number of carbonyl (C=O) groups is 2. The van der Waals surface area contributed by atoms with Crippen LogP contribution in [0.2, 0.25) is 0 Å². The van der Waals surface area contributed by atoms with E-state index in [0.717, 1.165) is 19.4 Å². The van der Waals surface area contributed by atoms with Crippen LogP contribution in [0.3, 0.4) is 0 Å². The van der Waals surface area contributed by atoms with E-state index in [0.29, 0.717) is 24.3 Å². The summed E-state index contributed by atoms with van der Waals surface area (Å²) in [6.07, 6.45) is -3.33. The number of halogens is 3. The van der Waals surface area contributed by atoms with Crippen LogP contribution in [0, 0.1) is 0 Å². The molecule has 5 rings (SSSR count). The van der Waals surface area contributed by atoms with Gasteiger partial charge in [0.1, 0.15) is 5.60 Å². The number of amides is 2. The molecule has 2 fully saturated rings. The number of carbonyl (C=O) groups excluding carboxylic acids is 2. The van der Waals surface area contributed by atoms with E-state index in [1.54, 1.807) is 41.3 Å². The quantitative estimate of drug-likeness (QED) is 0.561. The summed E-state index contributed by atoms with van der Waals surface area (Å²) < 4.78 is 47.7. The van der Waals surface area contributed by atoms with Crippen LogP contribution in [-0.2, 0) is 24.0 Å². The van der Waals surface area contributed by atoms with Gasteiger partial charge in [0.2, 0.25) is 0 Å². The van der Waals surface area contributed by atoms with Gasteiger partial charge >= 0.3 is 12.3 Å². The highest BCUT2D eigenvalue weighted by Crippen LogP contribution is 2.43. The summed E-state index contributed by atoms with van der Waals surface area (Å²) in [5.41, 5.74) is -0.449. The highest BCUT2D eigenvalue weighted by molar-refractivity contribution is 6.10. The molecule has 1 unspecified atom stereocenters. The maximum Gasteiger partial charge on any atom is 0.416 e. The molecule has 1 spiro atoms. The van der Waals surface area contributed by atoms with E-state index >= 15 is 0 Å². The first kappa shape index (κ1) is 24.6. The Kier molecular flexibility index (Phi) is 5.82. The molecular weight excluding hydrogens is 471 g/mol. The molecule has 36 heavy (non-hydrogen) atoms. The molecule has 2 saturated heterocycles. The molecule has 2 aromatic carbocycles. The van der Waals surface area contributed by atoms with Crippen LogP contribution >= 0.6 is 0 Å². The monoisotopic (exact) mass is 501 g/mol. The molecule has 3 aliphatic heterocycles. The molecular formula is C27H30F3N3O3. The van der Waals surface area contributed by atoms with Crippen molar-refractivity contribution < 1.29 is 27.5 Å². The van der Waals surface area contributed by atoms with E-state index in [4.69, 9.17) is 4.74 Å². The second kappa shape index (κ2) is 8.50. The smallest absolute Gasteiger partial charge is 0.416 e. The molecule has 0 bridgehead atoms. The molecule has 6 nitrogen and oxygen atoms in total. The third kappa shape index (κ3) is 4.45. The van der Waals surface area contributed by atoms with Crippen molar-refractivity contribution in [3.63, 3.8) is 0 Å². The van der Waals surface area contributed by atoms with Crippen LogP contribution in [0.1, 0.15) is 60.7 Å². The molecule has 2 aromatic rings. The molecule has 0 saturated carbocycles. The first-order chi connectivity index (χ1) is 16.9.